The molecule has 11 nitrogen and oxygen atoms in total. The molecule has 5 N–H and O–H groups in total. The van der Waals surface area contributed by atoms with Crippen molar-refractivity contribution < 1.29 is 38.2 Å². The highest BCUT2D eigenvalue weighted by Crippen LogP contribution is 2.22. The van der Waals surface area contributed by atoms with Crippen molar-refractivity contribution in [1.29, 1.82) is 0 Å². The summed E-state index contributed by atoms with van der Waals surface area (Å²) in [5.41, 5.74) is 11.4. The van der Waals surface area contributed by atoms with Crippen LogP contribution in [0.4, 0.5) is 0 Å². The highest BCUT2D eigenvalue weighted by molar-refractivity contribution is 8.76. The predicted octanol–water partition coefficient (Wildman–Crippen LogP) is 12.8. The SMILES string of the molecule is CCCCCCCC/C=C\CCCCCCCC(=O)OC[C@@H](COC(=O)CCC(=O)NCCSSCCCC(=O)C(N)CCCN)OC(=O)CCCCCCC/C=C\CCCCCCCC. The number of ketones is 1. The summed E-state index contributed by atoms with van der Waals surface area (Å²) >= 11 is 0. The van der Waals surface area contributed by atoms with Crippen molar-refractivity contribution in [2.75, 3.05) is 37.8 Å². The molecule has 0 aliphatic rings. The number of amides is 1. The third-order valence-electron chi connectivity index (χ3n) is 11.4. The molecule has 0 fully saturated rings. The summed E-state index contributed by atoms with van der Waals surface area (Å²) in [5, 5.41) is 2.81. The van der Waals surface area contributed by atoms with E-state index in [1.807, 2.05) is 0 Å². The zero-order valence-electron chi connectivity index (χ0n) is 42.0. The Morgan fingerprint density at radius 1 is 0.500 bits per heavy atom. The first kappa shape index (κ1) is 63.6. The fraction of sp³-hybridized carbons (Fsp3) is 0.830. The van der Waals surface area contributed by atoms with Crippen molar-refractivity contribution in [2.45, 2.75) is 244 Å². The predicted molar refractivity (Wildman–Crippen MR) is 278 cm³/mol. The van der Waals surface area contributed by atoms with Gasteiger partial charge in [0.25, 0.3) is 0 Å². The van der Waals surface area contributed by atoms with Crippen molar-refractivity contribution in [3.05, 3.63) is 24.3 Å². The van der Waals surface area contributed by atoms with E-state index in [0.29, 0.717) is 38.1 Å². The number of ether oxygens (including phenoxy) is 3. The van der Waals surface area contributed by atoms with Crippen molar-refractivity contribution in [1.82, 2.24) is 5.32 Å². The van der Waals surface area contributed by atoms with Crippen LogP contribution < -0.4 is 16.8 Å². The summed E-state index contributed by atoms with van der Waals surface area (Å²) in [4.78, 5) is 62.4. The van der Waals surface area contributed by atoms with Crippen LogP contribution in [-0.4, -0.2) is 79.6 Å². The second-order valence-corrected chi connectivity index (χ2v) is 20.4. The molecule has 0 aliphatic heterocycles. The Labute approximate surface area is 410 Å². The van der Waals surface area contributed by atoms with Crippen molar-refractivity contribution in [3.63, 3.8) is 0 Å². The van der Waals surface area contributed by atoms with E-state index in [4.69, 9.17) is 25.7 Å². The quantitative estimate of drug-likeness (QED) is 0.0173. The largest absolute Gasteiger partial charge is 0.462 e. The first-order valence-electron chi connectivity index (χ1n) is 26.5. The van der Waals surface area contributed by atoms with Crippen LogP contribution in [0.15, 0.2) is 24.3 Å². The lowest BCUT2D eigenvalue weighted by Crippen LogP contribution is -2.31. The Morgan fingerprint density at radius 2 is 0.939 bits per heavy atom. The van der Waals surface area contributed by atoms with E-state index in [9.17, 15) is 24.0 Å². The van der Waals surface area contributed by atoms with Gasteiger partial charge < -0.3 is 31.0 Å². The maximum Gasteiger partial charge on any atom is 0.306 e. The molecule has 0 rings (SSSR count). The Morgan fingerprint density at radius 3 is 1.44 bits per heavy atom. The normalized spacial score (nSPS) is 12.4. The Balaban J connectivity index is 4.51. The Hall–Kier alpha value is -2.35. The molecule has 0 spiro atoms. The molecule has 384 valence electrons. The minimum absolute atomic E-state index is 0.0337. The zero-order valence-corrected chi connectivity index (χ0v) is 43.6. The number of nitrogens with two attached hydrogens (primary N) is 2. The average Bonchev–Trinajstić information content (AvgIpc) is 3.31. The molecule has 1 unspecified atom stereocenters. The van der Waals surface area contributed by atoms with Gasteiger partial charge in [-0.1, -0.05) is 162 Å². The molecule has 0 aromatic rings. The van der Waals surface area contributed by atoms with E-state index in [2.05, 4.69) is 43.5 Å². The molecule has 0 saturated carbocycles. The van der Waals surface area contributed by atoms with Crippen LogP contribution in [-0.2, 0) is 38.2 Å². The maximum absolute atomic E-state index is 12.8. The molecule has 0 saturated heterocycles. The molecule has 0 aromatic heterocycles. The Bertz CT molecular complexity index is 1240. The lowest BCUT2D eigenvalue weighted by molar-refractivity contribution is -0.167. The van der Waals surface area contributed by atoms with Gasteiger partial charge in [0.1, 0.15) is 19.0 Å². The molecule has 0 radical (unpaired) electrons. The summed E-state index contributed by atoms with van der Waals surface area (Å²) in [6.45, 7) is 5.04. The second kappa shape index (κ2) is 50.5. The standard InChI is InChI=1S/C53H97N3O8S2/c1-3-5-7-9-11-13-15-17-19-21-23-25-27-29-31-37-51(59)62-45-47(64-53(61)38-32-30-28-26-24-22-20-18-16-14-12-10-8-6-4-2)46-63-52(60)40-39-50(58)56-42-44-66-65-43-34-36-49(57)48(55)35-33-41-54/h17-20,47-48H,3-16,21-46,54-55H2,1-2H3,(H,56,58)/b19-17-,20-18-/t47-,48?/m0/s1. The zero-order chi connectivity index (χ0) is 48.4. The molecule has 1 amide bonds. The number of carbonyl (C=O) groups is 5. The summed E-state index contributed by atoms with van der Waals surface area (Å²) in [7, 11) is 3.26. The lowest BCUT2D eigenvalue weighted by atomic mass is 10.0. The molecule has 0 heterocycles. The van der Waals surface area contributed by atoms with Crippen molar-refractivity contribution in [2.24, 2.45) is 11.5 Å². The summed E-state index contributed by atoms with van der Waals surface area (Å²) in [6.07, 6.45) is 41.7. The van der Waals surface area contributed by atoms with Crippen LogP contribution in [0.3, 0.4) is 0 Å². The molecule has 0 aromatic carbocycles. The number of unbranched alkanes of at least 4 members (excludes halogenated alkanes) is 22. The van der Waals surface area contributed by atoms with E-state index in [-0.39, 0.29) is 56.6 Å². The number of Topliss-reactive ketones (excluding diaryl/α,β-unsaturated/α-hetero) is 1. The topological polar surface area (TPSA) is 177 Å². The van der Waals surface area contributed by atoms with Gasteiger partial charge in [0.2, 0.25) is 5.91 Å². The monoisotopic (exact) mass is 968 g/mol. The van der Waals surface area contributed by atoms with Gasteiger partial charge in [-0.15, -0.1) is 0 Å². The fourth-order valence-electron chi connectivity index (χ4n) is 7.20. The number of hydrogen-bond donors (Lipinski definition) is 3. The van der Waals surface area contributed by atoms with Crippen LogP contribution in [0.5, 0.6) is 0 Å². The minimum atomic E-state index is -0.919. The molecule has 0 bridgehead atoms. The summed E-state index contributed by atoms with van der Waals surface area (Å²) < 4.78 is 16.5. The first-order valence-corrected chi connectivity index (χ1v) is 29.0. The van der Waals surface area contributed by atoms with Crippen LogP contribution in [0.2, 0.25) is 0 Å². The van der Waals surface area contributed by atoms with Gasteiger partial charge in [-0.3, -0.25) is 24.0 Å². The van der Waals surface area contributed by atoms with Gasteiger partial charge in [0, 0.05) is 43.7 Å². The smallest absolute Gasteiger partial charge is 0.306 e. The first-order chi connectivity index (χ1) is 32.2. The van der Waals surface area contributed by atoms with E-state index in [1.54, 1.807) is 21.6 Å². The van der Waals surface area contributed by atoms with E-state index >= 15 is 0 Å². The van der Waals surface area contributed by atoms with Gasteiger partial charge in [-0.25, -0.2) is 0 Å². The van der Waals surface area contributed by atoms with Gasteiger partial charge in [0.15, 0.2) is 6.10 Å². The van der Waals surface area contributed by atoms with Crippen LogP contribution in [0.1, 0.15) is 232 Å². The van der Waals surface area contributed by atoms with Crippen LogP contribution >= 0.6 is 21.6 Å². The second-order valence-electron chi connectivity index (χ2n) is 17.7. The third kappa shape index (κ3) is 46.7. The number of allylic oxidation sites excluding steroid dienone is 4. The maximum atomic E-state index is 12.8. The van der Waals surface area contributed by atoms with E-state index in [1.165, 1.54) is 89.9 Å². The molecule has 13 heteroatoms. The molecule has 66 heavy (non-hydrogen) atoms. The summed E-state index contributed by atoms with van der Waals surface area (Å²) in [6, 6.07) is -0.434. The number of esters is 3. The van der Waals surface area contributed by atoms with E-state index in [0.717, 1.165) is 89.2 Å². The lowest BCUT2D eigenvalue weighted by Gasteiger charge is -2.18. The molecule has 0 aliphatic carbocycles. The fourth-order valence-corrected chi connectivity index (χ4v) is 9.19. The number of carbonyl (C=O) groups excluding carboxylic acids is 5. The summed E-state index contributed by atoms with van der Waals surface area (Å²) in [5.74, 6) is -0.0567. The number of nitrogens with one attached hydrogen (secondary N) is 1. The van der Waals surface area contributed by atoms with Gasteiger partial charge in [-0.2, -0.15) is 0 Å². The van der Waals surface area contributed by atoms with Crippen molar-refractivity contribution >= 4 is 51.2 Å². The highest BCUT2D eigenvalue weighted by atomic mass is 33.1. The van der Waals surface area contributed by atoms with Crippen molar-refractivity contribution in [3.8, 4) is 0 Å². The molecular weight excluding hydrogens is 871 g/mol. The van der Waals surface area contributed by atoms with Crippen LogP contribution in [0, 0.1) is 0 Å². The Kier molecular flexibility index (Phi) is 48.7. The van der Waals surface area contributed by atoms with Gasteiger partial charge in [0.05, 0.1) is 12.5 Å². The molecular formula is C53H97N3O8S2. The van der Waals surface area contributed by atoms with E-state index < -0.39 is 24.1 Å². The van der Waals surface area contributed by atoms with Gasteiger partial charge >= 0.3 is 17.9 Å². The minimum Gasteiger partial charge on any atom is -0.462 e. The van der Waals surface area contributed by atoms with Gasteiger partial charge in [-0.05, 0) is 90.0 Å². The van der Waals surface area contributed by atoms with Crippen LogP contribution in [0.25, 0.3) is 0 Å². The number of rotatable bonds is 50. The third-order valence-corrected chi connectivity index (χ3v) is 13.9. The highest BCUT2D eigenvalue weighted by Gasteiger charge is 2.20. The number of hydrogen-bond acceptors (Lipinski definition) is 12. The average molecular weight is 969 g/mol. The molecule has 2 atom stereocenters.